The lowest BCUT2D eigenvalue weighted by Gasteiger charge is -2.28. The van der Waals surface area contributed by atoms with Crippen molar-refractivity contribution in [2.45, 2.75) is 46.6 Å². The van der Waals surface area contributed by atoms with Crippen LogP contribution in [0, 0.1) is 0 Å². The van der Waals surface area contributed by atoms with Gasteiger partial charge in [-0.3, -0.25) is 4.79 Å². The molecule has 0 aliphatic carbocycles. The van der Waals surface area contributed by atoms with Gasteiger partial charge in [0.05, 0.1) is 0 Å². The van der Waals surface area contributed by atoms with Crippen LogP contribution in [0.4, 0.5) is 0 Å². The summed E-state index contributed by atoms with van der Waals surface area (Å²) in [7, 11) is -2.61. The molecule has 0 aliphatic rings. The van der Waals surface area contributed by atoms with E-state index in [-0.39, 0.29) is 5.97 Å². The van der Waals surface area contributed by atoms with Crippen molar-refractivity contribution in [3.8, 4) is 5.75 Å². The molecule has 0 unspecified atom stereocenters. The normalized spacial score (nSPS) is 11.5. The molecule has 0 saturated carbocycles. The molecule has 23 heavy (non-hydrogen) atoms. The number of hydrogen-bond donors (Lipinski definition) is 0. The van der Waals surface area contributed by atoms with Crippen LogP contribution in [0.15, 0.2) is 24.3 Å². The highest BCUT2D eigenvalue weighted by Crippen LogP contribution is 2.24. The standard InChI is InChI=1S/C17H28O5Si/c1-5-19-23(20-6-2,21-7-3)14-10-12-16-11-8-9-13-17(16)22-15(4)18/h8-9,11,13H,5-7,10,12,14H2,1-4H3. The Balaban J connectivity index is 2.70. The van der Waals surface area contributed by atoms with Crippen molar-refractivity contribution in [2.75, 3.05) is 19.8 Å². The molecule has 0 fully saturated rings. The fourth-order valence-electron chi connectivity index (χ4n) is 2.46. The minimum absolute atomic E-state index is 0.306. The molecule has 0 spiro atoms. The van der Waals surface area contributed by atoms with Gasteiger partial charge in [0.1, 0.15) is 5.75 Å². The number of hydrogen-bond acceptors (Lipinski definition) is 5. The smallest absolute Gasteiger partial charge is 0.426 e. The third-order valence-corrected chi connectivity index (χ3v) is 6.40. The van der Waals surface area contributed by atoms with Gasteiger partial charge in [-0.25, -0.2) is 0 Å². The highest BCUT2D eigenvalue weighted by molar-refractivity contribution is 6.60. The monoisotopic (exact) mass is 340 g/mol. The van der Waals surface area contributed by atoms with E-state index < -0.39 is 8.80 Å². The van der Waals surface area contributed by atoms with Crippen molar-refractivity contribution in [2.24, 2.45) is 0 Å². The Morgan fingerprint density at radius 1 is 1.00 bits per heavy atom. The molecule has 0 radical (unpaired) electrons. The molecule has 1 aromatic rings. The summed E-state index contributed by atoms with van der Waals surface area (Å²) in [4.78, 5) is 11.2. The van der Waals surface area contributed by atoms with E-state index in [4.69, 9.17) is 18.0 Å². The summed E-state index contributed by atoms with van der Waals surface area (Å²) in [5.74, 6) is 0.315. The van der Waals surface area contributed by atoms with Crippen molar-refractivity contribution >= 4 is 14.8 Å². The Labute approximate surface area is 140 Å². The second kappa shape index (κ2) is 10.5. The Morgan fingerprint density at radius 3 is 2.09 bits per heavy atom. The van der Waals surface area contributed by atoms with Gasteiger partial charge in [0.2, 0.25) is 0 Å². The second-order valence-electron chi connectivity index (χ2n) is 5.04. The fourth-order valence-corrected chi connectivity index (χ4v) is 5.07. The molecule has 6 heteroatoms. The first-order valence-electron chi connectivity index (χ1n) is 8.25. The molecular formula is C17H28O5Si. The van der Waals surface area contributed by atoms with Gasteiger partial charge in [-0.05, 0) is 45.2 Å². The van der Waals surface area contributed by atoms with Crippen molar-refractivity contribution in [3.63, 3.8) is 0 Å². The lowest BCUT2D eigenvalue weighted by atomic mass is 10.1. The Morgan fingerprint density at radius 2 is 1.57 bits per heavy atom. The van der Waals surface area contributed by atoms with Crippen LogP contribution in [-0.4, -0.2) is 34.6 Å². The number of ether oxygens (including phenoxy) is 1. The second-order valence-corrected chi connectivity index (χ2v) is 7.77. The average molecular weight is 340 g/mol. The third-order valence-electron chi connectivity index (χ3n) is 3.25. The van der Waals surface area contributed by atoms with Crippen LogP contribution in [0.1, 0.15) is 39.7 Å². The van der Waals surface area contributed by atoms with E-state index in [1.807, 2.05) is 45.0 Å². The van der Waals surface area contributed by atoms with E-state index in [0.717, 1.165) is 24.4 Å². The molecule has 0 atom stereocenters. The van der Waals surface area contributed by atoms with Gasteiger partial charge in [0, 0.05) is 32.8 Å². The molecule has 0 heterocycles. The molecule has 5 nitrogen and oxygen atoms in total. The van der Waals surface area contributed by atoms with Crippen LogP contribution in [0.25, 0.3) is 0 Å². The Kier molecular flexibility index (Phi) is 9.09. The van der Waals surface area contributed by atoms with Gasteiger partial charge >= 0.3 is 14.8 Å². The molecule has 0 N–H and O–H groups in total. The maximum atomic E-state index is 11.2. The summed E-state index contributed by atoms with van der Waals surface area (Å²) in [6, 6.07) is 8.34. The third kappa shape index (κ3) is 6.82. The van der Waals surface area contributed by atoms with Crippen molar-refractivity contribution < 1.29 is 22.8 Å². The molecule has 0 saturated heterocycles. The number of esters is 1. The predicted octanol–water partition coefficient (Wildman–Crippen LogP) is 3.59. The quantitative estimate of drug-likeness (QED) is 0.350. The first-order chi connectivity index (χ1) is 11.1. The highest BCUT2D eigenvalue weighted by Gasteiger charge is 2.39. The van der Waals surface area contributed by atoms with E-state index in [2.05, 4.69) is 0 Å². The predicted molar refractivity (Wildman–Crippen MR) is 91.5 cm³/mol. The molecule has 130 valence electrons. The maximum absolute atomic E-state index is 11.2. The van der Waals surface area contributed by atoms with Crippen LogP contribution < -0.4 is 4.74 Å². The van der Waals surface area contributed by atoms with Crippen LogP contribution in [0.3, 0.4) is 0 Å². The number of aryl methyl sites for hydroxylation is 1. The van der Waals surface area contributed by atoms with Crippen LogP contribution in [0.5, 0.6) is 5.75 Å². The largest absolute Gasteiger partial charge is 0.500 e. The van der Waals surface area contributed by atoms with E-state index in [1.165, 1.54) is 6.92 Å². The zero-order valence-electron chi connectivity index (χ0n) is 14.6. The fraction of sp³-hybridized carbons (Fsp3) is 0.588. The Hall–Kier alpha value is -1.21. The van der Waals surface area contributed by atoms with Gasteiger partial charge in [-0.2, -0.15) is 0 Å². The number of benzene rings is 1. The van der Waals surface area contributed by atoms with Gasteiger partial charge in [0.15, 0.2) is 0 Å². The minimum Gasteiger partial charge on any atom is -0.426 e. The van der Waals surface area contributed by atoms with E-state index in [0.29, 0.717) is 25.6 Å². The van der Waals surface area contributed by atoms with Gasteiger partial charge in [0.25, 0.3) is 0 Å². The first kappa shape index (κ1) is 19.8. The number of rotatable bonds is 11. The number of carbonyl (C=O) groups is 1. The Bertz CT molecular complexity index is 461. The number of carbonyl (C=O) groups excluding carboxylic acids is 1. The first-order valence-corrected chi connectivity index (χ1v) is 10.2. The van der Waals surface area contributed by atoms with E-state index >= 15 is 0 Å². The van der Waals surface area contributed by atoms with Gasteiger partial charge in [-0.15, -0.1) is 0 Å². The zero-order valence-corrected chi connectivity index (χ0v) is 15.6. The zero-order chi connectivity index (χ0) is 17.1. The van der Waals surface area contributed by atoms with Crippen LogP contribution in [0.2, 0.25) is 6.04 Å². The van der Waals surface area contributed by atoms with Gasteiger partial charge in [-0.1, -0.05) is 18.2 Å². The molecule has 0 bridgehead atoms. The molecule has 1 rings (SSSR count). The molecule has 0 aromatic heterocycles. The summed E-state index contributed by atoms with van der Waals surface area (Å²) in [6.07, 6.45) is 1.63. The highest BCUT2D eigenvalue weighted by atomic mass is 28.4. The van der Waals surface area contributed by atoms with Crippen LogP contribution >= 0.6 is 0 Å². The summed E-state index contributed by atoms with van der Waals surface area (Å²) in [5.41, 5.74) is 1.01. The SMILES string of the molecule is CCO[Si](CCCc1ccccc1OC(C)=O)(OCC)OCC. The molecule has 1 aromatic carbocycles. The lowest BCUT2D eigenvalue weighted by molar-refractivity contribution is -0.131. The summed E-state index contributed by atoms with van der Waals surface area (Å²) in [5, 5.41) is 0. The van der Waals surface area contributed by atoms with Crippen LogP contribution in [-0.2, 0) is 24.5 Å². The van der Waals surface area contributed by atoms with Crippen molar-refractivity contribution in [1.82, 2.24) is 0 Å². The summed E-state index contributed by atoms with van der Waals surface area (Å²) >= 11 is 0. The maximum Gasteiger partial charge on any atom is 0.500 e. The molecular weight excluding hydrogens is 312 g/mol. The summed E-state index contributed by atoms with van der Waals surface area (Å²) < 4.78 is 22.8. The molecule has 0 amide bonds. The van der Waals surface area contributed by atoms with E-state index in [1.54, 1.807) is 0 Å². The number of para-hydroxylation sites is 1. The lowest BCUT2D eigenvalue weighted by Crippen LogP contribution is -2.46. The van der Waals surface area contributed by atoms with Crippen molar-refractivity contribution in [1.29, 1.82) is 0 Å². The molecule has 0 aliphatic heterocycles. The van der Waals surface area contributed by atoms with Gasteiger partial charge < -0.3 is 18.0 Å². The minimum atomic E-state index is -2.61. The van der Waals surface area contributed by atoms with E-state index in [9.17, 15) is 4.79 Å². The topological polar surface area (TPSA) is 54.0 Å². The van der Waals surface area contributed by atoms with Crippen molar-refractivity contribution in [3.05, 3.63) is 29.8 Å². The average Bonchev–Trinajstić information content (AvgIpc) is 2.49. The summed E-state index contributed by atoms with van der Waals surface area (Å²) in [6.45, 7) is 9.01.